The predicted molar refractivity (Wildman–Crippen MR) is 172 cm³/mol. The lowest BCUT2D eigenvalue weighted by Crippen LogP contribution is -2.47. The van der Waals surface area contributed by atoms with Gasteiger partial charge in [0.25, 0.3) is 0 Å². The van der Waals surface area contributed by atoms with Crippen LogP contribution in [0.25, 0.3) is 0 Å². The number of ether oxygens (including phenoxy) is 1. The molecule has 0 saturated carbocycles. The van der Waals surface area contributed by atoms with Crippen LogP contribution in [0.3, 0.4) is 0 Å². The Morgan fingerprint density at radius 2 is 1.05 bits per heavy atom. The normalized spacial score (nSPS) is 12.4. The molecule has 9 heteroatoms. The van der Waals surface area contributed by atoms with Crippen molar-refractivity contribution in [2.24, 2.45) is 0 Å². The standard InChI is InChI=1S/C34H64N2O7/c1-3-5-7-9-11-12-13-18-22-26-33(40)43-29(23-19-15-10-8-6-4-2)24-20-16-14-17-21-25-31(38)35-27-32(39)36-30(28-37)34(41)42/h29-30,37H,3-28H2,1-2H3,(H,35,38)(H,36,39)(H,41,42). The van der Waals surface area contributed by atoms with E-state index in [1.54, 1.807) is 0 Å². The molecule has 0 saturated heterocycles. The van der Waals surface area contributed by atoms with Crippen molar-refractivity contribution in [3.8, 4) is 0 Å². The van der Waals surface area contributed by atoms with E-state index in [0.717, 1.165) is 57.8 Å². The van der Waals surface area contributed by atoms with E-state index >= 15 is 0 Å². The SMILES string of the molecule is CCCCCCCCCCCC(=O)OC(CCCCCCCC)CCCCCCCC(=O)NCC(=O)NC(CO)C(=O)O. The van der Waals surface area contributed by atoms with E-state index in [9.17, 15) is 19.2 Å². The van der Waals surface area contributed by atoms with Crippen LogP contribution in [0.2, 0.25) is 0 Å². The molecule has 0 spiro atoms. The molecule has 0 radical (unpaired) electrons. The van der Waals surface area contributed by atoms with Crippen molar-refractivity contribution in [1.29, 1.82) is 0 Å². The molecule has 2 unspecified atom stereocenters. The summed E-state index contributed by atoms with van der Waals surface area (Å²) in [6.07, 6.45) is 25.7. The maximum absolute atomic E-state index is 12.5. The maximum atomic E-state index is 12.5. The molecule has 0 aromatic rings. The summed E-state index contributed by atoms with van der Waals surface area (Å²) in [4.78, 5) is 47.1. The number of carboxylic acids is 1. The summed E-state index contributed by atoms with van der Waals surface area (Å²) < 4.78 is 5.93. The zero-order chi connectivity index (χ0) is 32.0. The maximum Gasteiger partial charge on any atom is 0.328 e. The van der Waals surface area contributed by atoms with Crippen LogP contribution in [-0.2, 0) is 23.9 Å². The summed E-state index contributed by atoms with van der Waals surface area (Å²) in [5, 5.41) is 22.4. The lowest BCUT2D eigenvalue weighted by molar-refractivity contribution is -0.150. The Labute approximate surface area is 261 Å². The second-order valence-electron chi connectivity index (χ2n) is 12.0. The molecule has 0 aliphatic rings. The van der Waals surface area contributed by atoms with E-state index in [0.29, 0.717) is 19.3 Å². The Hall–Kier alpha value is -2.16. The van der Waals surface area contributed by atoms with Gasteiger partial charge in [0.2, 0.25) is 11.8 Å². The number of esters is 1. The fraction of sp³-hybridized carbons (Fsp3) is 0.882. The molecule has 2 atom stereocenters. The fourth-order valence-electron chi connectivity index (χ4n) is 5.13. The van der Waals surface area contributed by atoms with Gasteiger partial charge < -0.3 is 25.6 Å². The first-order valence-corrected chi connectivity index (χ1v) is 17.4. The van der Waals surface area contributed by atoms with E-state index < -0.39 is 24.5 Å². The number of hydrogen-bond acceptors (Lipinski definition) is 6. The van der Waals surface area contributed by atoms with Crippen LogP contribution in [0.5, 0.6) is 0 Å². The lowest BCUT2D eigenvalue weighted by atomic mass is 10.0. The molecule has 252 valence electrons. The van der Waals surface area contributed by atoms with Crippen molar-refractivity contribution in [3.63, 3.8) is 0 Å². The number of nitrogens with one attached hydrogen (secondary N) is 2. The Morgan fingerprint density at radius 1 is 0.605 bits per heavy atom. The summed E-state index contributed by atoms with van der Waals surface area (Å²) in [5.41, 5.74) is 0. The van der Waals surface area contributed by atoms with Crippen molar-refractivity contribution in [2.45, 2.75) is 180 Å². The first-order chi connectivity index (χ1) is 20.8. The predicted octanol–water partition coefficient (Wildman–Crippen LogP) is 6.98. The first-order valence-electron chi connectivity index (χ1n) is 17.4. The minimum Gasteiger partial charge on any atom is -0.480 e. The monoisotopic (exact) mass is 612 g/mol. The summed E-state index contributed by atoms with van der Waals surface area (Å²) in [5.74, 6) is -2.29. The zero-order valence-electron chi connectivity index (χ0n) is 27.5. The summed E-state index contributed by atoms with van der Waals surface area (Å²) in [7, 11) is 0. The van der Waals surface area contributed by atoms with Gasteiger partial charge in [-0.25, -0.2) is 4.79 Å². The second kappa shape index (κ2) is 29.9. The number of carboxylic acid groups (broad SMARTS) is 1. The average molecular weight is 613 g/mol. The number of carbonyl (C=O) groups excluding carboxylic acids is 3. The first kappa shape index (κ1) is 40.8. The molecule has 0 aromatic carbocycles. The van der Waals surface area contributed by atoms with Gasteiger partial charge in [0.05, 0.1) is 13.2 Å². The van der Waals surface area contributed by atoms with Gasteiger partial charge in [0.1, 0.15) is 12.1 Å². The van der Waals surface area contributed by atoms with E-state index in [4.69, 9.17) is 14.9 Å². The molecule has 4 N–H and O–H groups in total. The minimum atomic E-state index is -1.38. The van der Waals surface area contributed by atoms with Crippen LogP contribution in [0.15, 0.2) is 0 Å². The molecule has 0 aliphatic heterocycles. The van der Waals surface area contributed by atoms with Crippen molar-refractivity contribution in [2.75, 3.05) is 13.2 Å². The van der Waals surface area contributed by atoms with Crippen LogP contribution in [0.4, 0.5) is 0 Å². The average Bonchev–Trinajstić information content (AvgIpc) is 2.98. The lowest BCUT2D eigenvalue weighted by Gasteiger charge is -2.18. The van der Waals surface area contributed by atoms with Gasteiger partial charge in [-0.1, -0.05) is 117 Å². The number of unbranched alkanes of at least 4 members (excludes halogenated alkanes) is 17. The minimum absolute atomic E-state index is 0.000669. The van der Waals surface area contributed by atoms with Crippen LogP contribution < -0.4 is 10.6 Å². The molecule has 0 fully saturated rings. The molecular formula is C34H64N2O7. The molecule has 0 rings (SSSR count). The molecule has 0 bridgehead atoms. The van der Waals surface area contributed by atoms with Gasteiger partial charge in [-0.3, -0.25) is 14.4 Å². The highest BCUT2D eigenvalue weighted by Crippen LogP contribution is 2.18. The largest absolute Gasteiger partial charge is 0.480 e. The molecular weight excluding hydrogens is 548 g/mol. The third-order valence-electron chi connectivity index (χ3n) is 7.85. The molecule has 43 heavy (non-hydrogen) atoms. The van der Waals surface area contributed by atoms with Gasteiger partial charge in [-0.05, 0) is 38.5 Å². The Balaban J connectivity index is 4.16. The van der Waals surface area contributed by atoms with Gasteiger partial charge >= 0.3 is 11.9 Å². The van der Waals surface area contributed by atoms with E-state index in [1.807, 2.05) is 0 Å². The number of hydrogen-bond donors (Lipinski definition) is 4. The Kier molecular flexibility index (Phi) is 28.4. The van der Waals surface area contributed by atoms with E-state index in [2.05, 4.69) is 24.5 Å². The third-order valence-corrected chi connectivity index (χ3v) is 7.85. The van der Waals surface area contributed by atoms with Crippen LogP contribution >= 0.6 is 0 Å². The highest BCUT2D eigenvalue weighted by Gasteiger charge is 2.19. The van der Waals surface area contributed by atoms with Crippen LogP contribution in [-0.4, -0.2) is 59.3 Å². The molecule has 0 aromatic heterocycles. The van der Waals surface area contributed by atoms with Gasteiger partial charge in [-0.2, -0.15) is 0 Å². The molecule has 0 heterocycles. The topological polar surface area (TPSA) is 142 Å². The summed E-state index contributed by atoms with van der Waals surface area (Å²) in [6, 6.07) is -1.38. The molecule has 0 aliphatic carbocycles. The van der Waals surface area contributed by atoms with Crippen molar-refractivity contribution < 1.29 is 34.1 Å². The summed E-state index contributed by atoms with van der Waals surface area (Å²) >= 11 is 0. The Morgan fingerprint density at radius 3 is 1.51 bits per heavy atom. The van der Waals surface area contributed by atoms with Crippen molar-refractivity contribution in [1.82, 2.24) is 10.6 Å². The molecule has 9 nitrogen and oxygen atoms in total. The summed E-state index contributed by atoms with van der Waals surface area (Å²) in [6.45, 7) is 3.43. The number of aliphatic hydroxyl groups excluding tert-OH is 1. The fourth-order valence-corrected chi connectivity index (χ4v) is 5.13. The second-order valence-corrected chi connectivity index (χ2v) is 12.0. The van der Waals surface area contributed by atoms with Crippen molar-refractivity contribution in [3.05, 3.63) is 0 Å². The number of amides is 2. The highest BCUT2D eigenvalue weighted by molar-refractivity contribution is 5.87. The van der Waals surface area contributed by atoms with E-state index in [1.165, 1.54) is 77.0 Å². The number of carbonyl (C=O) groups is 4. The third kappa shape index (κ3) is 27.1. The number of aliphatic carboxylic acids is 1. The number of rotatable bonds is 31. The zero-order valence-corrected chi connectivity index (χ0v) is 27.5. The molecule has 2 amide bonds. The van der Waals surface area contributed by atoms with Crippen LogP contribution in [0.1, 0.15) is 168 Å². The van der Waals surface area contributed by atoms with Crippen LogP contribution in [0, 0.1) is 0 Å². The van der Waals surface area contributed by atoms with Gasteiger partial charge in [0.15, 0.2) is 0 Å². The number of aliphatic hydroxyl groups is 1. The van der Waals surface area contributed by atoms with Gasteiger partial charge in [-0.15, -0.1) is 0 Å². The quantitative estimate of drug-likeness (QED) is 0.0489. The smallest absolute Gasteiger partial charge is 0.328 e. The van der Waals surface area contributed by atoms with Crippen molar-refractivity contribution >= 4 is 23.8 Å². The Bertz CT molecular complexity index is 717. The van der Waals surface area contributed by atoms with E-state index in [-0.39, 0.29) is 24.5 Å². The highest BCUT2D eigenvalue weighted by atomic mass is 16.5. The van der Waals surface area contributed by atoms with Gasteiger partial charge in [0, 0.05) is 12.8 Å².